The van der Waals surface area contributed by atoms with Crippen LogP contribution in [0.15, 0.2) is 53.8 Å². The topological polar surface area (TPSA) is 43.0 Å². The molecule has 0 atom stereocenters. The Kier molecular flexibility index (Phi) is 4.67. The van der Waals surface area contributed by atoms with Crippen LogP contribution < -0.4 is 14.5 Å². The van der Waals surface area contributed by atoms with E-state index in [4.69, 9.17) is 5.10 Å². The summed E-state index contributed by atoms with van der Waals surface area (Å²) in [6, 6.07) is 14.4. The van der Waals surface area contributed by atoms with Gasteiger partial charge in [-0.25, -0.2) is 4.57 Å². The Morgan fingerprint density at radius 3 is 2.82 bits per heavy atom. The molecule has 2 heterocycles. The number of phenols is 1. The summed E-state index contributed by atoms with van der Waals surface area (Å²) in [7, 11) is 6.01. The predicted molar refractivity (Wildman–Crippen MR) is 115 cm³/mol. The number of hydrazone groups is 1. The first-order chi connectivity index (χ1) is 13.5. The number of rotatable bonds is 3. The molecule has 144 valence electrons. The Morgan fingerprint density at radius 1 is 1.21 bits per heavy atom. The van der Waals surface area contributed by atoms with Gasteiger partial charge in [-0.15, -0.1) is 0 Å². The monoisotopic (exact) mass is 375 g/mol. The van der Waals surface area contributed by atoms with Crippen molar-refractivity contribution in [3.05, 3.63) is 59.8 Å². The molecule has 0 unspecified atom stereocenters. The minimum absolute atomic E-state index is 0.260. The van der Waals surface area contributed by atoms with E-state index >= 15 is 0 Å². The van der Waals surface area contributed by atoms with E-state index in [1.807, 2.05) is 33.2 Å². The van der Waals surface area contributed by atoms with Gasteiger partial charge >= 0.3 is 0 Å². The lowest BCUT2D eigenvalue weighted by Gasteiger charge is -2.29. The molecule has 0 spiro atoms. The van der Waals surface area contributed by atoms with Gasteiger partial charge in [-0.05, 0) is 37.5 Å². The molecule has 28 heavy (non-hydrogen) atoms. The summed E-state index contributed by atoms with van der Waals surface area (Å²) < 4.78 is 2.11. The number of aromatic hydroxyl groups is 1. The van der Waals surface area contributed by atoms with Crippen LogP contribution in [0.3, 0.4) is 0 Å². The van der Waals surface area contributed by atoms with E-state index in [-0.39, 0.29) is 5.75 Å². The smallest absolute Gasteiger partial charge is 0.212 e. The molecular formula is C23H27N4O+. The number of hydrogen-bond acceptors (Lipinski definition) is 4. The summed E-state index contributed by atoms with van der Waals surface area (Å²) in [5, 5.41) is 18.3. The maximum atomic E-state index is 10.6. The van der Waals surface area contributed by atoms with Gasteiger partial charge in [-0.3, -0.25) is 5.01 Å². The fourth-order valence-electron chi connectivity index (χ4n) is 4.06. The van der Waals surface area contributed by atoms with Gasteiger partial charge in [0, 0.05) is 50.1 Å². The van der Waals surface area contributed by atoms with Crippen molar-refractivity contribution in [3.8, 4) is 5.75 Å². The number of nitrogens with zero attached hydrogens (tertiary/aromatic N) is 4. The third-order valence-corrected chi connectivity index (χ3v) is 5.60. The first kappa shape index (κ1) is 18.3. The number of pyridine rings is 1. The second-order valence-corrected chi connectivity index (χ2v) is 7.56. The molecule has 1 aromatic heterocycles. The third kappa shape index (κ3) is 3.17. The van der Waals surface area contributed by atoms with E-state index in [2.05, 4.69) is 53.0 Å². The maximum Gasteiger partial charge on any atom is 0.212 e. The lowest BCUT2D eigenvalue weighted by molar-refractivity contribution is -0.644. The van der Waals surface area contributed by atoms with Crippen molar-refractivity contribution in [2.75, 3.05) is 30.5 Å². The highest BCUT2D eigenvalue weighted by Crippen LogP contribution is 2.37. The summed E-state index contributed by atoms with van der Waals surface area (Å²) in [6.07, 6.45) is 4.22. The average Bonchev–Trinajstić information content (AvgIpc) is 2.68. The molecule has 1 aliphatic heterocycles. The molecule has 0 saturated heterocycles. The molecule has 5 heteroatoms. The molecule has 5 nitrogen and oxygen atoms in total. The largest absolute Gasteiger partial charge is 0.506 e. The van der Waals surface area contributed by atoms with Gasteiger partial charge in [-0.2, -0.15) is 5.10 Å². The van der Waals surface area contributed by atoms with Gasteiger partial charge in [0.1, 0.15) is 18.5 Å². The first-order valence-corrected chi connectivity index (χ1v) is 9.69. The summed E-state index contributed by atoms with van der Waals surface area (Å²) >= 11 is 0. The van der Waals surface area contributed by atoms with Crippen LogP contribution in [-0.2, 0) is 13.5 Å². The van der Waals surface area contributed by atoms with Crippen molar-refractivity contribution in [2.45, 2.75) is 19.8 Å². The molecule has 0 fully saturated rings. The molecule has 0 aliphatic carbocycles. The molecule has 0 radical (unpaired) electrons. The van der Waals surface area contributed by atoms with Crippen LogP contribution in [0.4, 0.5) is 11.4 Å². The highest BCUT2D eigenvalue weighted by Gasteiger charge is 2.19. The van der Waals surface area contributed by atoms with Gasteiger partial charge in [0.05, 0.1) is 11.1 Å². The van der Waals surface area contributed by atoms with Crippen LogP contribution in [0.2, 0.25) is 0 Å². The van der Waals surface area contributed by atoms with E-state index in [0.717, 1.165) is 47.6 Å². The number of hydrogen-bond donors (Lipinski definition) is 1. The van der Waals surface area contributed by atoms with Crippen LogP contribution in [0, 0.1) is 0 Å². The summed E-state index contributed by atoms with van der Waals surface area (Å²) in [5.74, 6) is 0.260. The van der Waals surface area contributed by atoms with Crippen LogP contribution in [-0.4, -0.2) is 31.5 Å². The van der Waals surface area contributed by atoms with E-state index in [1.165, 1.54) is 10.9 Å². The molecule has 1 aliphatic rings. The molecule has 3 aromatic rings. The normalized spacial score (nSPS) is 14.3. The Labute approximate surface area is 166 Å². The quantitative estimate of drug-likeness (QED) is 0.432. The molecule has 0 saturated carbocycles. The van der Waals surface area contributed by atoms with Gasteiger partial charge in [-0.1, -0.05) is 12.1 Å². The molecule has 4 rings (SSSR count). The van der Waals surface area contributed by atoms with Gasteiger partial charge < -0.3 is 10.0 Å². The lowest BCUT2D eigenvalue weighted by Crippen LogP contribution is -2.29. The number of para-hydroxylation sites is 1. The van der Waals surface area contributed by atoms with Crippen molar-refractivity contribution in [1.29, 1.82) is 0 Å². The van der Waals surface area contributed by atoms with Crippen LogP contribution in [0.1, 0.15) is 24.5 Å². The zero-order valence-electron chi connectivity index (χ0n) is 17.0. The fourth-order valence-corrected chi connectivity index (χ4v) is 4.06. The highest BCUT2D eigenvalue weighted by molar-refractivity contribution is 6.08. The number of aryl methyl sites for hydroxylation is 2. The van der Waals surface area contributed by atoms with Crippen LogP contribution in [0.25, 0.3) is 10.9 Å². The summed E-state index contributed by atoms with van der Waals surface area (Å²) in [4.78, 5) is 2.20. The zero-order chi connectivity index (χ0) is 19.8. The van der Waals surface area contributed by atoms with Crippen molar-refractivity contribution in [3.63, 3.8) is 0 Å². The van der Waals surface area contributed by atoms with Crippen molar-refractivity contribution >= 4 is 28.0 Å². The molecular weight excluding hydrogens is 348 g/mol. The standard InChI is InChI=1S/C23H26N4O/c1-16(18-11-13-26(3)20-10-6-5-9-19(18)20)24-27(4)22-14-17-8-7-12-25(2)21(17)15-23(22)28/h5-6,9-11,13-15H,7-8,12H2,1-4H3/p+1. The molecule has 0 bridgehead atoms. The van der Waals surface area contributed by atoms with Gasteiger partial charge in [0.2, 0.25) is 5.52 Å². The lowest BCUT2D eigenvalue weighted by atomic mass is 10.0. The van der Waals surface area contributed by atoms with E-state index in [1.54, 1.807) is 5.01 Å². The maximum absolute atomic E-state index is 10.6. The Balaban J connectivity index is 1.73. The van der Waals surface area contributed by atoms with E-state index in [0.29, 0.717) is 0 Å². The van der Waals surface area contributed by atoms with Gasteiger partial charge in [0.15, 0.2) is 6.20 Å². The second-order valence-electron chi connectivity index (χ2n) is 7.56. The zero-order valence-corrected chi connectivity index (χ0v) is 17.0. The Morgan fingerprint density at radius 2 is 2.00 bits per heavy atom. The third-order valence-electron chi connectivity index (χ3n) is 5.60. The SMILES string of the molecule is CC(=NN(C)c1cc2c(cc1O)N(C)CCC2)c1cc[n+](C)c2ccccc12. The molecule has 2 aromatic carbocycles. The van der Waals surface area contributed by atoms with E-state index in [9.17, 15) is 5.11 Å². The molecule has 1 N–H and O–H groups in total. The van der Waals surface area contributed by atoms with Crippen LogP contribution in [0.5, 0.6) is 5.75 Å². The van der Waals surface area contributed by atoms with Crippen LogP contribution >= 0.6 is 0 Å². The van der Waals surface area contributed by atoms with Crippen molar-refractivity contribution < 1.29 is 9.67 Å². The van der Waals surface area contributed by atoms with Gasteiger partial charge in [0.25, 0.3) is 0 Å². The highest BCUT2D eigenvalue weighted by atomic mass is 16.3. The number of phenolic OH excluding ortho intramolecular Hbond substituents is 1. The fraction of sp³-hybridized carbons (Fsp3) is 0.304. The predicted octanol–water partition coefficient (Wildman–Crippen LogP) is 3.61. The minimum atomic E-state index is 0.260. The first-order valence-electron chi connectivity index (χ1n) is 9.69. The number of benzene rings is 2. The average molecular weight is 375 g/mol. The van der Waals surface area contributed by atoms with Crippen molar-refractivity contribution in [2.24, 2.45) is 12.1 Å². The Hall–Kier alpha value is -3.08. The minimum Gasteiger partial charge on any atom is -0.506 e. The Bertz CT molecular complexity index is 1070. The second kappa shape index (κ2) is 7.15. The summed E-state index contributed by atoms with van der Waals surface area (Å²) in [5.41, 5.74) is 6.28. The van der Waals surface area contributed by atoms with E-state index < -0.39 is 0 Å². The van der Waals surface area contributed by atoms with Crippen molar-refractivity contribution in [1.82, 2.24) is 0 Å². The number of anilines is 2. The molecule has 0 amide bonds. The number of aromatic nitrogens is 1. The summed E-state index contributed by atoms with van der Waals surface area (Å²) in [6.45, 7) is 3.04. The number of fused-ring (bicyclic) bond motifs is 2.